The standard InChI is InChI=1S/C55H82N20O20S2/c1-23(43(82)62-17-41(80)61-18-42(81)69-32(13-38(57)77)50(89)72-33(14-39(58)78)49(88)68-27(5)55(94)95)65-48(87)31(12-29-16-60-22-63-29)71-54(93)37(21-97)74-46(85)25(3)64-44(83)24(2)67-53(92)36(20-96)75-51(90)34(15-40(59)79)70-45(84)26(4)66-52(91)35(19-76)73-47(86)30(56)11-28-9-7-6-8-10-28/h6-10,16,22-27,30-37,76,96-97H,11-15,17-21,56H2,1-5H3,(H2,57,77)(H2,58,78)(H2,59,79)(H,60,63)(H,61,80)(H,62,82)(H,64,83)(H,65,87)(H,66,91)(H,67,92)(H,68,88)(H,69,81)(H,70,84)(H,71,93)(H,72,89)(H,73,86)(H,74,85)(H,75,90)(H,94,95)/t23-,24-,25-,26-,27-,30-,31-,32-,33-,34-,35-,36-,37-/m0/s1. The number of thiol groups is 2. The van der Waals surface area contributed by atoms with Crippen LogP contribution in [0.1, 0.15) is 65.1 Å². The number of aromatic nitrogens is 2. The van der Waals surface area contributed by atoms with E-state index in [0.29, 0.717) is 5.69 Å². The fraction of sp³-hybridized carbons (Fsp3) is 0.509. The number of carboxylic acids is 1. The van der Waals surface area contributed by atoms with Gasteiger partial charge in [0.2, 0.25) is 100 Å². The minimum Gasteiger partial charge on any atom is -0.480 e. The molecular formula is C55H82N20O20S2. The number of carbonyl (C=O) groups is 18. The Morgan fingerprint density at radius 2 is 0.794 bits per heavy atom. The normalized spacial score (nSPS) is 14.8. The number of nitrogens with zero attached hydrogens (tertiary/aromatic N) is 1. The summed E-state index contributed by atoms with van der Waals surface area (Å²) in [5, 5.41) is 50.4. The molecule has 0 fully saturated rings. The highest BCUT2D eigenvalue weighted by Gasteiger charge is 2.35. The van der Waals surface area contributed by atoms with Gasteiger partial charge in [0.25, 0.3) is 0 Å². The van der Waals surface area contributed by atoms with Gasteiger partial charge >= 0.3 is 5.97 Å². The molecule has 0 unspecified atom stereocenters. The van der Waals surface area contributed by atoms with Gasteiger partial charge in [0.1, 0.15) is 72.5 Å². The van der Waals surface area contributed by atoms with E-state index in [9.17, 15) is 91.4 Å². The van der Waals surface area contributed by atoms with Crippen molar-refractivity contribution in [2.24, 2.45) is 22.9 Å². The molecule has 25 N–H and O–H groups in total. The Kier molecular flexibility index (Phi) is 35.2. The molecule has 1 heterocycles. The summed E-state index contributed by atoms with van der Waals surface area (Å²) in [6.45, 7) is 3.29. The first kappa shape index (κ1) is 82.6. The van der Waals surface area contributed by atoms with Crippen molar-refractivity contribution in [2.75, 3.05) is 31.2 Å². The Morgan fingerprint density at radius 1 is 0.433 bits per heavy atom. The monoisotopic (exact) mass is 1410 g/mol. The number of imidazole rings is 1. The number of carbonyl (C=O) groups excluding carboxylic acids is 17. The number of aliphatic carboxylic acids is 1. The van der Waals surface area contributed by atoms with E-state index in [2.05, 4.69) is 104 Å². The Bertz CT molecular complexity index is 3190. The minimum absolute atomic E-state index is 0.0995. The van der Waals surface area contributed by atoms with Crippen LogP contribution in [0, 0.1) is 0 Å². The van der Waals surface area contributed by atoms with Crippen molar-refractivity contribution >= 4 is 132 Å². The molecule has 40 nitrogen and oxygen atoms in total. The molecule has 534 valence electrons. The third kappa shape index (κ3) is 30.2. The van der Waals surface area contributed by atoms with Gasteiger partial charge in [0.15, 0.2) is 0 Å². The lowest BCUT2D eigenvalue weighted by Crippen LogP contribution is -2.60. The van der Waals surface area contributed by atoms with Gasteiger partial charge in [-0.3, -0.25) is 86.3 Å². The molecular weight excluding hydrogens is 1320 g/mol. The molecule has 0 aliphatic carbocycles. The third-order valence-corrected chi connectivity index (χ3v) is 14.2. The second kappa shape index (κ2) is 41.4. The van der Waals surface area contributed by atoms with E-state index < -0.39 is 230 Å². The van der Waals surface area contributed by atoms with E-state index in [1.54, 1.807) is 30.3 Å². The molecule has 0 saturated heterocycles. The van der Waals surface area contributed by atoms with E-state index in [1.807, 2.05) is 5.32 Å². The van der Waals surface area contributed by atoms with Crippen LogP contribution < -0.4 is 97.4 Å². The van der Waals surface area contributed by atoms with Crippen LogP contribution in [0.15, 0.2) is 42.9 Å². The van der Waals surface area contributed by atoms with E-state index in [1.165, 1.54) is 40.2 Å². The van der Waals surface area contributed by atoms with Crippen LogP contribution in [0.5, 0.6) is 0 Å². The summed E-state index contributed by atoms with van der Waals surface area (Å²) in [4.78, 5) is 237. The van der Waals surface area contributed by atoms with E-state index in [0.717, 1.165) is 12.5 Å². The number of rotatable bonds is 42. The van der Waals surface area contributed by atoms with Crippen LogP contribution in [0.2, 0.25) is 0 Å². The van der Waals surface area contributed by atoms with Gasteiger partial charge in [-0.2, -0.15) is 25.3 Å². The number of hydrogen-bond acceptors (Lipinski definition) is 23. The summed E-state index contributed by atoms with van der Waals surface area (Å²) < 4.78 is 0. The average molecular weight is 1410 g/mol. The summed E-state index contributed by atoms with van der Waals surface area (Å²) in [5.41, 5.74) is 22.7. The molecule has 1 aromatic carbocycles. The molecule has 97 heavy (non-hydrogen) atoms. The van der Waals surface area contributed by atoms with E-state index in [-0.39, 0.29) is 18.6 Å². The number of aromatic amines is 1. The number of hydrogen-bond donors (Lipinski definition) is 23. The number of primary amides is 3. The Hall–Kier alpha value is -10.5. The topological polar surface area (TPSA) is 649 Å². The zero-order valence-electron chi connectivity index (χ0n) is 53.0. The molecule has 2 aromatic rings. The van der Waals surface area contributed by atoms with Crippen molar-refractivity contribution in [3.8, 4) is 0 Å². The predicted octanol–water partition coefficient (Wildman–Crippen LogP) is -11.8. The smallest absolute Gasteiger partial charge is 0.325 e. The van der Waals surface area contributed by atoms with Crippen molar-refractivity contribution in [1.82, 2.24) is 84.4 Å². The Morgan fingerprint density at radius 3 is 1.26 bits per heavy atom. The second-order valence-corrected chi connectivity index (χ2v) is 22.3. The van der Waals surface area contributed by atoms with Crippen LogP contribution in [-0.2, 0) is 99.1 Å². The fourth-order valence-corrected chi connectivity index (χ4v) is 8.53. The number of carboxylic acid groups (broad SMARTS) is 1. The van der Waals surface area contributed by atoms with E-state index in [4.69, 9.17) is 28.0 Å². The van der Waals surface area contributed by atoms with Crippen LogP contribution in [-0.4, -0.2) is 236 Å². The summed E-state index contributed by atoms with van der Waals surface area (Å²) in [5.74, 6) is -19.9. The Labute approximate surface area is 564 Å². The Balaban J connectivity index is 2.00. The number of aliphatic hydroxyl groups is 1. The molecule has 0 spiro atoms. The van der Waals surface area contributed by atoms with Crippen LogP contribution in [0.3, 0.4) is 0 Å². The second-order valence-electron chi connectivity index (χ2n) is 21.6. The lowest BCUT2D eigenvalue weighted by atomic mass is 10.1. The van der Waals surface area contributed by atoms with Crippen molar-refractivity contribution in [1.29, 1.82) is 0 Å². The fourth-order valence-electron chi connectivity index (χ4n) is 8.01. The first-order valence-corrected chi connectivity index (χ1v) is 30.6. The highest BCUT2D eigenvalue weighted by molar-refractivity contribution is 7.80. The van der Waals surface area contributed by atoms with E-state index >= 15 is 0 Å². The molecule has 2 rings (SSSR count). The lowest BCUT2D eigenvalue weighted by Gasteiger charge is -2.25. The van der Waals surface area contributed by atoms with Crippen LogP contribution >= 0.6 is 25.3 Å². The van der Waals surface area contributed by atoms with Gasteiger partial charge in [-0.1, -0.05) is 30.3 Å². The molecule has 42 heteroatoms. The first-order chi connectivity index (χ1) is 45.5. The summed E-state index contributed by atoms with van der Waals surface area (Å²) in [6, 6.07) is -11.0. The van der Waals surface area contributed by atoms with Crippen molar-refractivity contribution in [3.63, 3.8) is 0 Å². The number of nitrogens with one attached hydrogen (secondary N) is 15. The number of amides is 17. The predicted molar refractivity (Wildman–Crippen MR) is 342 cm³/mol. The van der Waals surface area contributed by atoms with Crippen molar-refractivity contribution < 1.29 is 96.5 Å². The first-order valence-electron chi connectivity index (χ1n) is 29.4. The molecule has 0 saturated carbocycles. The largest absolute Gasteiger partial charge is 0.480 e. The van der Waals surface area contributed by atoms with Crippen LogP contribution in [0.25, 0.3) is 0 Å². The number of nitrogens with two attached hydrogens (primary N) is 4. The quantitative estimate of drug-likeness (QED) is 0.0275. The van der Waals surface area contributed by atoms with Crippen molar-refractivity contribution in [3.05, 3.63) is 54.1 Å². The summed E-state index contributed by atoms with van der Waals surface area (Å²) in [7, 11) is 0. The maximum Gasteiger partial charge on any atom is 0.325 e. The van der Waals surface area contributed by atoms with Crippen LogP contribution in [0.4, 0.5) is 0 Å². The maximum atomic E-state index is 13.7. The van der Waals surface area contributed by atoms with Gasteiger partial charge in [0.05, 0.1) is 51.3 Å². The molecule has 13 atom stereocenters. The zero-order valence-corrected chi connectivity index (χ0v) is 54.8. The highest BCUT2D eigenvalue weighted by Crippen LogP contribution is 2.06. The molecule has 1 aromatic heterocycles. The van der Waals surface area contributed by atoms with Crippen molar-refractivity contribution in [2.45, 2.75) is 145 Å². The van der Waals surface area contributed by atoms with Gasteiger partial charge in [-0.05, 0) is 46.6 Å². The number of H-pyrrole nitrogens is 1. The molecule has 0 radical (unpaired) electrons. The molecule has 0 aliphatic heterocycles. The summed E-state index contributed by atoms with van der Waals surface area (Å²) in [6.07, 6.45) is -0.0943. The molecule has 0 aliphatic rings. The number of aliphatic hydroxyl groups excluding tert-OH is 1. The third-order valence-electron chi connectivity index (χ3n) is 13.4. The SMILES string of the molecule is C[C@H](NC(=O)[C@H](CC(N)=O)NC(=O)[C@H](CC(N)=O)NC(=O)CNC(=O)CNC(=O)[C@H](C)NC(=O)[C@H](Cc1cnc[nH]1)NC(=O)[C@H](CS)NC(=O)[C@H](C)NC(=O)[C@H](C)NC(=O)[C@H](CS)NC(=O)[C@H](CC(N)=O)NC(=O)[C@H](C)NC(=O)[C@H](CO)NC(=O)[C@@H](N)Cc1ccccc1)C(=O)O. The van der Waals surface area contributed by atoms with Gasteiger partial charge in [-0.25, -0.2) is 4.98 Å². The summed E-state index contributed by atoms with van der Waals surface area (Å²) >= 11 is 8.25. The zero-order chi connectivity index (χ0) is 73.4. The highest BCUT2D eigenvalue weighted by atomic mass is 32.1. The lowest BCUT2D eigenvalue weighted by molar-refractivity contribution is -0.142. The van der Waals surface area contributed by atoms with Gasteiger partial charge in [0, 0.05) is 29.8 Å². The minimum atomic E-state index is -1.79. The van der Waals surface area contributed by atoms with Gasteiger partial charge < -0.3 is 113 Å². The molecule has 17 amide bonds. The van der Waals surface area contributed by atoms with Gasteiger partial charge in [-0.15, -0.1) is 0 Å². The maximum absolute atomic E-state index is 13.7. The average Bonchev–Trinajstić information content (AvgIpc) is 1.58. The molecule has 0 bridgehead atoms. The number of benzene rings is 1.